The summed E-state index contributed by atoms with van der Waals surface area (Å²) in [6.45, 7) is 3.04. The molecule has 3 saturated heterocycles. The molecule has 0 unspecified atom stereocenters. The Hall–Kier alpha value is -3.50. The van der Waals surface area contributed by atoms with Crippen LogP contribution in [0.5, 0.6) is 5.88 Å². The van der Waals surface area contributed by atoms with Gasteiger partial charge in [-0.05, 0) is 31.5 Å². The zero-order chi connectivity index (χ0) is 29.9. The molecule has 3 fully saturated rings. The molecule has 3 aliphatic rings. The highest BCUT2D eigenvalue weighted by molar-refractivity contribution is 7.48. The molecule has 3 aromatic rings. The Morgan fingerprint density at radius 3 is 2.86 bits per heavy atom. The van der Waals surface area contributed by atoms with E-state index in [-0.39, 0.29) is 42.7 Å². The monoisotopic (exact) mass is 615 g/mol. The number of fused-ring (bicyclic) bond motifs is 2. The normalized spacial score (nSPS) is 31.1. The van der Waals surface area contributed by atoms with E-state index in [1.54, 1.807) is 13.8 Å². The van der Waals surface area contributed by atoms with Gasteiger partial charge in [0.1, 0.15) is 12.4 Å². The summed E-state index contributed by atoms with van der Waals surface area (Å²) in [5.41, 5.74) is 4.18. The lowest BCUT2D eigenvalue weighted by molar-refractivity contribution is -0.137. The van der Waals surface area contributed by atoms with Crippen molar-refractivity contribution in [2.45, 2.75) is 56.6 Å². The Bertz CT molecular complexity index is 1570. The average molecular weight is 615 g/mol. The number of anilines is 1. The van der Waals surface area contributed by atoms with Crippen LogP contribution in [0.25, 0.3) is 11.2 Å². The molecule has 0 aliphatic carbocycles. The number of alkyl halides is 3. The number of halogens is 3. The topological polar surface area (TPSA) is 168 Å². The van der Waals surface area contributed by atoms with Crippen LogP contribution < -0.4 is 10.5 Å². The van der Waals surface area contributed by atoms with E-state index in [4.69, 9.17) is 38.3 Å². The molecule has 14 nitrogen and oxygen atoms in total. The van der Waals surface area contributed by atoms with E-state index >= 15 is 0 Å². The van der Waals surface area contributed by atoms with Gasteiger partial charge in [-0.2, -0.15) is 23.1 Å². The fourth-order valence-corrected chi connectivity index (χ4v) is 6.58. The van der Waals surface area contributed by atoms with Crippen LogP contribution in [0.15, 0.2) is 30.6 Å². The SMILES string of the molecule is CCOc1nc(N)nc2ncn([C@@H]3O[C@H](CO[P@@]4(=O)OCC[C@@H](c5cccc(C(F)(F)F)c5)O4)[C@H]4OC(=O)O[C@]43C)c12. The minimum absolute atomic E-state index is 0.0600. The molecule has 0 saturated carbocycles. The van der Waals surface area contributed by atoms with Gasteiger partial charge >= 0.3 is 20.2 Å². The number of nitrogen functional groups attached to an aromatic ring is 1. The molecule has 6 rings (SSSR count). The number of imidazole rings is 1. The minimum atomic E-state index is -4.56. The van der Waals surface area contributed by atoms with Crippen molar-refractivity contribution in [1.82, 2.24) is 19.5 Å². The zero-order valence-corrected chi connectivity index (χ0v) is 23.0. The third kappa shape index (κ3) is 5.04. The predicted molar refractivity (Wildman–Crippen MR) is 134 cm³/mol. The number of aromatic nitrogens is 4. The number of phosphoric ester groups is 1. The summed E-state index contributed by atoms with van der Waals surface area (Å²) in [7, 11) is -4.27. The Balaban J connectivity index is 1.23. The Labute approximate surface area is 235 Å². The molecule has 0 spiro atoms. The van der Waals surface area contributed by atoms with Gasteiger partial charge in [0.25, 0.3) is 0 Å². The first-order chi connectivity index (χ1) is 19.9. The maximum absolute atomic E-state index is 13.4. The van der Waals surface area contributed by atoms with Crippen LogP contribution >= 0.6 is 7.82 Å². The quantitative estimate of drug-likeness (QED) is 0.295. The van der Waals surface area contributed by atoms with Crippen molar-refractivity contribution in [1.29, 1.82) is 0 Å². The summed E-state index contributed by atoms with van der Waals surface area (Å²) in [5.74, 6) is 0.0652. The first-order valence-electron chi connectivity index (χ1n) is 12.8. The summed E-state index contributed by atoms with van der Waals surface area (Å²) in [4.78, 5) is 24.7. The molecule has 0 bridgehead atoms. The van der Waals surface area contributed by atoms with Crippen LogP contribution in [0.4, 0.5) is 23.9 Å². The molecule has 6 atom stereocenters. The molecule has 42 heavy (non-hydrogen) atoms. The number of ether oxygens (including phenoxy) is 4. The minimum Gasteiger partial charge on any atom is -0.476 e. The third-order valence-electron chi connectivity index (χ3n) is 7.04. The van der Waals surface area contributed by atoms with Crippen LogP contribution in [0.1, 0.15) is 43.7 Å². The van der Waals surface area contributed by atoms with E-state index in [1.165, 1.54) is 23.0 Å². The van der Waals surface area contributed by atoms with Gasteiger partial charge in [-0.1, -0.05) is 12.1 Å². The average Bonchev–Trinajstić information content (AvgIpc) is 3.56. The van der Waals surface area contributed by atoms with Crippen molar-refractivity contribution in [3.8, 4) is 5.88 Å². The van der Waals surface area contributed by atoms with Crippen molar-refractivity contribution in [3.63, 3.8) is 0 Å². The summed E-state index contributed by atoms with van der Waals surface area (Å²) in [6.07, 6.45) is -8.10. The summed E-state index contributed by atoms with van der Waals surface area (Å²) < 4.78 is 93.6. The number of rotatable bonds is 7. The smallest absolute Gasteiger partial charge is 0.476 e. The summed E-state index contributed by atoms with van der Waals surface area (Å²) in [6, 6.07) is 4.52. The highest BCUT2D eigenvalue weighted by Crippen LogP contribution is 2.58. The van der Waals surface area contributed by atoms with Crippen molar-refractivity contribution < 1.29 is 55.0 Å². The number of carbonyl (C=O) groups excluding carboxylic acids is 1. The Kier molecular flexibility index (Phi) is 7.05. The summed E-state index contributed by atoms with van der Waals surface area (Å²) in [5, 5.41) is 0. The van der Waals surface area contributed by atoms with Gasteiger partial charge in [-0.3, -0.25) is 18.1 Å². The third-order valence-corrected chi connectivity index (χ3v) is 8.52. The number of benzene rings is 1. The summed E-state index contributed by atoms with van der Waals surface area (Å²) >= 11 is 0. The lowest BCUT2D eigenvalue weighted by atomic mass is 9.96. The van der Waals surface area contributed by atoms with Crippen molar-refractivity contribution in [2.24, 2.45) is 0 Å². The van der Waals surface area contributed by atoms with E-state index in [0.29, 0.717) is 5.52 Å². The fraction of sp³-hybridized carbons (Fsp3) is 0.500. The highest BCUT2D eigenvalue weighted by atomic mass is 31.2. The zero-order valence-electron chi connectivity index (χ0n) is 22.1. The van der Waals surface area contributed by atoms with Gasteiger partial charge in [-0.15, -0.1) is 0 Å². The predicted octanol–water partition coefficient (Wildman–Crippen LogP) is 4.32. The lowest BCUT2D eigenvalue weighted by Gasteiger charge is -2.30. The molecular formula is C24H25F3N5O9P. The van der Waals surface area contributed by atoms with E-state index < -0.39 is 62.5 Å². The van der Waals surface area contributed by atoms with Crippen LogP contribution in [-0.4, -0.2) is 63.3 Å². The van der Waals surface area contributed by atoms with Crippen LogP contribution in [-0.2, 0) is 38.5 Å². The van der Waals surface area contributed by atoms with Gasteiger partial charge in [0.05, 0.1) is 31.5 Å². The standard InChI is InChI=1S/C24H25F3N5O9P/c1-3-35-19-16-18(30-21(28)31-19)29-11-32(16)20-23(2)17(39-22(33)40-23)15(38-20)10-37-42(34)36-8-7-14(41-42)12-5-4-6-13(9-12)24(25,26)27/h4-6,9,11,14-15,17,20H,3,7-8,10H2,1-2H3,(H2,28,30,31)/t14-,15+,17+,20+,23+,42+/m0/s1. The number of phosphoric acid groups is 1. The van der Waals surface area contributed by atoms with Gasteiger partial charge in [0, 0.05) is 6.42 Å². The van der Waals surface area contributed by atoms with Crippen LogP contribution in [0, 0.1) is 0 Å². The highest BCUT2D eigenvalue weighted by Gasteiger charge is 2.64. The number of nitrogens with two attached hydrogens (primary N) is 1. The molecule has 5 heterocycles. The maximum atomic E-state index is 13.4. The van der Waals surface area contributed by atoms with Gasteiger partial charge < -0.3 is 24.7 Å². The fourth-order valence-electron chi connectivity index (χ4n) is 5.19. The number of hydrogen-bond donors (Lipinski definition) is 1. The molecule has 3 aliphatic heterocycles. The van der Waals surface area contributed by atoms with Gasteiger partial charge in [0.15, 0.2) is 29.1 Å². The van der Waals surface area contributed by atoms with E-state index in [1.807, 2.05) is 0 Å². The molecule has 0 radical (unpaired) electrons. The Morgan fingerprint density at radius 1 is 1.29 bits per heavy atom. The van der Waals surface area contributed by atoms with Crippen LogP contribution in [0.3, 0.4) is 0 Å². The van der Waals surface area contributed by atoms with Gasteiger partial charge in [-0.25, -0.2) is 14.3 Å². The maximum Gasteiger partial charge on any atom is 0.509 e. The lowest BCUT2D eigenvalue weighted by Crippen LogP contribution is -2.42. The molecule has 18 heteroatoms. The molecule has 2 N–H and O–H groups in total. The van der Waals surface area contributed by atoms with E-state index in [2.05, 4.69) is 15.0 Å². The molecular weight excluding hydrogens is 590 g/mol. The molecule has 2 aromatic heterocycles. The number of carbonyl (C=O) groups is 1. The van der Waals surface area contributed by atoms with E-state index in [0.717, 1.165) is 12.1 Å². The van der Waals surface area contributed by atoms with Crippen molar-refractivity contribution >= 4 is 31.1 Å². The second-order valence-corrected chi connectivity index (χ2v) is 11.4. The van der Waals surface area contributed by atoms with E-state index in [9.17, 15) is 22.5 Å². The van der Waals surface area contributed by atoms with Crippen molar-refractivity contribution in [2.75, 3.05) is 25.6 Å². The first kappa shape index (κ1) is 28.6. The first-order valence-corrected chi connectivity index (χ1v) is 14.3. The second kappa shape index (κ2) is 10.3. The number of hydrogen-bond acceptors (Lipinski definition) is 13. The van der Waals surface area contributed by atoms with Gasteiger partial charge in [0.2, 0.25) is 11.8 Å². The second-order valence-electron chi connectivity index (χ2n) is 9.83. The molecule has 1 aromatic carbocycles. The molecule has 0 amide bonds. The van der Waals surface area contributed by atoms with Crippen molar-refractivity contribution in [3.05, 3.63) is 41.7 Å². The number of nitrogens with zero attached hydrogens (tertiary/aromatic N) is 4. The van der Waals surface area contributed by atoms with Crippen LogP contribution in [0.2, 0.25) is 0 Å². The molecule has 226 valence electrons. The largest absolute Gasteiger partial charge is 0.509 e. The Morgan fingerprint density at radius 2 is 2.10 bits per heavy atom.